The molecule has 4 heterocycles. The van der Waals surface area contributed by atoms with Crippen molar-refractivity contribution >= 4 is 81.5 Å². The summed E-state index contributed by atoms with van der Waals surface area (Å²) in [6.07, 6.45) is 11.8. The second kappa shape index (κ2) is 20.2. The van der Waals surface area contributed by atoms with Gasteiger partial charge < -0.3 is 21.5 Å². The van der Waals surface area contributed by atoms with E-state index < -0.39 is 18.9 Å². The summed E-state index contributed by atoms with van der Waals surface area (Å²) in [5.41, 5.74) is 18.1. The normalized spacial score (nSPS) is 11.0. The van der Waals surface area contributed by atoms with E-state index in [1.165, 1.54) is 65.3 Å². The van der Waals surface area contributed by atoms with Gasteiger partial charge in [0.1, 0.15) is 17.1 Å². The number of aromatic nitrogens is 8. The highest BCUT2D eigenvalue weighted by Gasteiger charge is 2.13. The third kappa shape index (κ3) is 13.4. The second-order valence-corrected chi connectivity index (χ2v) is 13.5. The van der Waals surface area contributed by atoms with Crippen LogP contribution in [0.25, 0.3) is 40.7 Å². The highest BCUT2D eigenvalue weighted by molar-refractivity contribution is 9.12. The van der Waals surface area contributed by atoms with Crippen molar-refractivity contribution in [1.82, 2.24) is 39.5 Å². The molecule has 55 heavy (non-hydrogen) atoms. The van der Waals surface area contributed by atoms with E-state index in [0.29, 0.717) is 32.7 Å². The largest absolute Gasteiger partial charge is 0.490 e. The molecule has 2 aromatic carbocycles. The van der Waals surface area contributed by atoms with Gasteiger partial charge in [0.2, 0.25) is 0 Å². The van der Waals surface area contributed by atoms with Crippen LogP contribution in [-0.2, 0) is 9.59 Å². The molecule has 4 aromatic heterocycles. The zero-order chi connectivity index (χ0) is 39.5. The third-order valence-corrected chi connectivity index (χ3v) is 8.03. The van der Waals surface area contributed by atoms with Crippen LogP contribution in [0, 0.1) is 27.7 Å². The summed E-state index contributed by atoms with van der Waals surface area (Å²) in [5.74, 6) is 0.0138. The first-order valence-corrected chi connectivity index (χ1v) is 17.4. The number of carbonyl (C=O) groups is 2. The van der Waals surface area contributed by atoms with Crippen LogP contribution < -0.4 is 16.9 Å². The van der Waals surface area contributed by atoms with Crippen LogP contribution in [0.3, 0.4) is 0 Å². The van der Waals surface area contributed by atoms with E-state index >= 15 is 0 Å². The minimum Gasteiger partial charge on any atom is -0.423 e. The molecule has 0 saturated heterocycles. The summed E-state index contributed by atoms with van der Waals surface area (Å²) in [6.45, 7) is 8.09. The monoisotopic (exact) mass is 846 g/mol. The lowest BCUT2D eigenvalue weighted by molar-refractivity contribution is -0.114. The van der Waals surface area contributed by atoms with Crippen molar-refractivity contribution in [3.05, 3.63) is 128 Å². The fraction of sp³-hybridized carbons (Fsp3) is 0.135. The van der Waals surface area contributed by atoms with E-state index in [2.05, 4.69) is 58.2 Å². The van der Waals surface area contributed by atoms with E-state index in [9.17, 15) is 9.59 Å². The topological polar surface area (TPSA) is 214 Å². The maximum absolute atomic E-state index is 11.8. The first-order chi connectivity index (χ1) is 25.6. The fourth-order valence-electron chi connectivity index (χ4n) is 4.87. The molecular formula is C37H38BBrCl2N10O4. The average Bonchev–Trinajstić information content (AvgIpc) is 3.77. The van der Waals surface area contributed by atoms with Crippen LogP contribution in [-0.4, -0.2) is 68.5 Å². The molecule has 6 aromatic rings. The van der Waals surface area contributed by atoms with Gasteiger partial charge in [0.25, 0.3) is 11.8 Å². The number of amides is 2. The summed E-state index contributed by atoms with van der Waals surface area (Å²) < 4.78 is 3.14. The van der Waals surface area contributed by atoms with Crippen LogP contribution in [0.4, 0.5) is 0 Å². The maximum Gasteiger partial charge on any atom is 0.490 e. The Morgan fingerprint density at radius 3 is 1.55 bits per heavy atom. The molecule has 0 aliphatic rings. The Morgan fingerprint density at radius 1 is 0.691 bits per heavy atom. The van der Waals surface area contributed by atoms with Crippen LogP contribution >= 0.6 is 39.1 Å². The minimum absolute atomic E-state index is 0. The molecule has 6 rings (SSSR count). The highest BCUT2D eigenvalue weighted by Crippen LogP contribution is 2.21. The van der Waals surface area contributed by atoms with Crippen LogP contribution in [0.15, 0.2) is 90.5 Å². The number of hydrogen-bond donors (Lipinski definition) is 4. The second-order valence-electron chi connectivity index (χ2n) is 11.8. The van der Waals surface area contributed by atoms with Gasteiger partial charge in [0.05, 0.1) is 21.8 Å². The molecule has 0 radical (unpaired) electrons. The van der Waals surface area contributed by atoms with Crippen molar-refractivity contribution in [3.63, 3.8) is 0 Å². The van der Waals surface area contributed by atoms with Crippen LogP contribution in [0.5, 0.6) is 0 Å². The van der Waals surface area contributed by atoms with Crippen molar-refractivity contribution in [2.24, 2.45) is 11.5 Å². The van der Waals surface area contributed by atoms with E-state index in [0.717, 1.165) is 33.4 Å². The third-order valence-electron chi connectivity index (χ3n) is 7.02. The lowest BCUT2D eigenvalue weighted by atomic mass is 9.82. The highest BCUT2D eigenvalue weighted by atomic mass is 79.9. The molecule has 0 atom stereocenters. The number of pyridine rings is 2. The van der Waals surface area contributed by atoms with Crippen molar-refractivity contribution < 1.29 is 19.6 Å². The molecule has 0 aliphatic carbocycles. The van der Waals surface area contributed by atoms with Crippen LogP contribution in [0.1, 0.15) is 35.2 Å². The molecule has 0 unspecified atom stereocenters. The van der Waals surface area contributed by atoms with Gasteiger partial charge in [-0.2, -0.15) is 0 Å². The Morgan fingerprint density at radius 2 is 1.15 bits per heavy atom. The Balaban J connectivity index is 0.000000239. The lowest BCUT2D eigenvalue weighted by Gasteiger charge is -2.04. The zero-order valence-corrected chi connectivity index (χ0v) is 32.5. The Kier molecular flexibility index (Phi) is 16.2. The first-order valence-electron chi connectivity index (χ1n) is 15.8. The Labute approximate surface area is 336 Å². The summed E-state index contributed by atoms with van der Waals surface area (Å²) in [4.78, 5) is 38.9. The number of carbonyl (C=O) groups excluding carboxylic acids is 2. The minimum atomic E-state index is -1.49. The quantitative estimate of drug-likeness (QED) is 0.113. The summed E-state index contributed by atoms with van der Waals surface area (Å²) in [5, 5.41) is 26.7. The number of aryl methyl sites for hydroxylation is 4. The maximum atomic E-state index is 11.8. The number of nitrogens with two attached hydrogens (primary N) is 2. The molecule has 0 aliphatic heterocycles. The number of hydrogen-bond acceptors (Lipinski definition) is 10. The van der Waals surface area contributed by atoms with Gasteiger partial charge in [-0.15, -0.1) is 10.2 Å². The van der Waals surface area contributed by atoms with E-state index in [1.54, 1.807) is 6.07 Å². The van der Waals surface area contributed by atoms with Gasteiger partial charge in [0.15, 0.2) is 11.6 Å². The SMILES string of the molecule is C.Cc1cc(C)cc(-c2ncn(/C=C(/C(N)=O)c3cncc(Cl)c3)n2)c1.Cc1cc(C)cc(-c2ncn(/C=C(\Br)C(N)=O)n2)c1.OB(O)c1cncc(Cl)c1. The summed E-state index contributed by atoms with van der Waals surface area (Å²) >= 11 is 14.5. The number of halogens is 3. The number of nitrogens with zero attached hydrogens (tertiary/aromatic N) is 8. The molecule has 0 spiro atoms. The molecule has 284 valence electrons. The predicted molar refractivity (Wildman–Crippen MR) is 221 cm³/mol. The van der Waals surface area contributed by atoms with Gasteiger partial charge in [-0.25, -0.2) is 19.3 Å². The number of rotatable bonds is 8. The van der Waals surface area contributed by atoms with Crippen LogP contribution in [0.2, 0.25) is 10.0 Å². The Bertz CT molecular complexity index is 2310. The van der Waals surface area contributed by atoms with Gasteiger partial charge in [-0.1, -0.05) is 65.0 Å². The zero-order valence-electron chi connectivity index (χ0n) is 29.4. The standard InChI is InChI=1S/C18H16ClN5O.C13H13BrN4O.C5H5BClNO2.CH4/c1-11-3-12(2)5-13(4-11)18-22-10-24(23-18)9-16(17(20)25)14-6-15(19)8-21-7-14;1-8-3-9(2)5-10(4-8)13-16-7-18(17-13)6-11(14)12(15)19;7-5-1-4(6(9)10)2-8-3-5;/h3-10H,1-2H3,(H2,20,25);3-7H,1-2H3,(H2,15,19);1-3,9-10H;1H4/b16-9+;11-6-;;. The molecule has 14 nitrogen and oxygen atoms in total. The molecule has 6 N–H and O–H groups in total. The Hall–Kier alpha value is -5.52. The molecule has 18 heteroatoms. The summed E-state index contributed by atoms with van der Waals surface area (Å²) in [7, 11) is -1.49. The predicted octanol–water partition coefficient (Wildman–Crippen LogP) is 5.39. The molecule has 0 bridgehead atoms. The smallest absolute Gasteiger partial charge is 0.423 e. The lowest BCUT2D eigenvalue weighted by Crippen LogP contribution is -2.29. The van der Waals surface area contributed by atoms with Crippen molar-refractivity contribution in [3.8, 4) is 22.8 Å². The average molecular weight is 848 g/mol. The van der Waals surface area contributed by atoms with Crippen molar-refractivity contribution in [1.29, 1.82) is 0 Å². The number of primary amides is 2. The van der Waals surface area contributed by atoms with E-state index in [4.69, 9.17) is 44.7 Å². The van der Waals surface area contributed by atoms with Crippen molar-refractivity contribution in [2.75, 3.05) is 0 Å². The van der Waals surface area contributed by atoms with E-state index in [-0.39, 0.29) is 17.5 Å². The van der Waals surface area contributed by atoms with Crippen molar-refractivity contribution in [2.45, 2.75) is 35.1 Å². The number of benzene rings is 2. The molecule has 2 amide bonds. The molecule has 0 fully saturated rings. The van der Waals surface area contributed by atoms with Gasteiger partial charge in [-0.3, -0.25) is 19.6 Å². The van der Waals surface area contributed by atoms with Gasteiger partial charge >= 0.3 is 7.12 Å². The molecular weight excluding hydrogens is 810 g/mol. The van der Waals surface area contributed by atoms with Gasteiger partial charge in [-0.05, 0) is 80.0 Å². The summed E-state index contributed by atoms with van der Waals surface area (Å²) in [6, 6.07) is 15.3. The van der Waals surface area contributed by atoms with E-state index in [1.807, 2.05) is 52.0 Å². The fourth-order valence-corrected chi connectivity index (χ4v) is 5.43. The first kappa shape index (κ1) is 43.9. The van der Waals surface area contributed by atoms with Gasteiger partial charge in [0, 0.05) is 53.1 Å². The molecule has 0 saturated carbocycles.